The van der Waals surface area contributed by atoms with Gasteiger partial charge in [0.05, 0.1) is 0 Å². The highest BCUT2D eigenvalue weighted by atomic mass is 16.2. The van der Waals surface area contributed by atoms with E-state index < -0.39 is 0 Å². The summed E-state index contributed by atoms with van der Waals surface area (Å²) in [5.41, 5.74) is 7.53. The van der Waals surface area contributed by atoms with E-state index in [-0.39, 0.29) is 6.03 Å². The molecule has 1 aromatic rings. The van der Waals surface area contributed by atoms with Crippen molar-refractivity contribution in [3.05, 3.63) is 29.8 Å². The van der Waals surface area contributed by atoms with Gasteiger partial charge in [0.15, 0.2) is 0 Å². The molecule has 104 valence electrons. The molecule has 3 N–H and O–H groups in total. The SMILES string of the molecule is CCN(Cc1ccc(N)cc1)C(=O)NC1CCCC1. The van der Waals surface area contributed by atoms with Crippen LogP contribution in [0.5, 0.6) is 0 Å². The lowest BCUT2D eigenvalue weighted by Gasteiger charge is -2.24. The Morgan fingerprint density at radius 3 is 2.53 bits per heavy atom. The lowest BCUT2D eigenvalue weighted by molar-refractivity contribution is 0.194. The summed E-state index contributed by atoms with van der Waals surface area (Å²) in [6.45, 7) is 3.35. The molecule has 0 unspecified atom stereocenters. The minimum absolute atomic E-state index is 0.0474. The van der Waals surface area contributed by atoms with Crippen LogP contribution in [-0.2, 0) is 6.54 Å². The topological polar surface area (TPSA) is 58.4 Å². The first-order valence-electron chi connectivity index (χ1n) is 7.09. The Morgan fingerprint density at radius 1 is 1.32 bits per heavy atom. The van der Waals surface area contributed by atoms with Crippen LogP contribution in [0.25, 0.3) is 0 Å². The Hall–Kier alpha value is -1.71. The minimum atomic E-state index is 0.0474. The fourth-order valence-corrected chi connectivity index (χ4v) is 2.51. The Balaban J connectivity index is 1.91. The van der Waals surface area contributed by atoms with Gasteiger partial charge in [0.2, 0.25) is 0 Å². The molecule has 0 atom stereocenters. The molecular weight excluding hydrogens is 238 g/mol. The van der Waals surface area contributed by atoms with Crippen molar-refractivity contribution in [3.8, 4) is 0 Å². The van der Waals surface area contributed by atoms with Gasteiger partial charge in [0, 0.05) is 24.8 Å². The first-order valence-corrected chi connectivity index (χ1v) is 7.09. The van der Waals surface area contributed by atoms with Crippen LogP contribution < -0.4 is 11.1 Å². The summed E-state index contributed by atoms with van der Waals surface area (Å²) in [4.78, 5) is 14.0. The third kappa shape index (κ3) is 3.88. The van der Waals surface area contributed by atoms with Crippen molar-refractivity contribution >= 4 is 11.7 Å². The smallest absolute Gasteiger partial charge is 0.317 e. The van der Waals surface area contributed by atoms with Crippen molar-refractivity contribution in [2.45, 2.75) is 45.2 Å². The zero-order chi connectivity index (χ0) is 13.7. The fourth-order valence-electron chi connectivity index (χ4n) is 2.51. The predicted molar refractivity (Wildman–Crippen MR) is 77.7 cm³/mol. The maximum Gasteiger partial charge on any atom is 0.317 e. The molecule has 2 amide bonds. The maximum absolute atomic E-state index is 12.2. The third-order valence-corrected chi connectivity index (χ3v) is 3.70. The van der Waals surface area contributed by atoms with Gasteiger partial charge in [-0.15, -0.1) is 0 Å². The van der Waals surface area contributed by atoms with E-state index >= 15 is 0 Å². The van der Waals surface area contributed by atoms with Crippen LogP contribution in [0, 0.1) is 0 Å². The summed E-state index contributed by atoms with van der Waals surface area (Å²) in [6, 6.07) is 8.11. The van der Waals surface area contributed by atoms with Crippen LogP contribution >= 0.6 is 0 Å². The second-order valence-corrected chi connectivity index (χ2v) is 5.19. The number of benzene rings is 1. The van der Waals surface area contributed by atoms with Crippen LogP contribution in [0.3, 0.4) is 0 Å². The molecule has 1 aliphatic carbocycles. The molecule has 0 radical (unpaired) electrons. The van der Waals surface area contributed by atoms with Crippen molar-refractivity contribution in [1.29, 1.82) is 0 Å². The number of hydrogen-bond acceptors (Lipinski definition) is 2. The summed E-state index contributed by atoms with van der Waals surface area (Å²) in [5, 5.41) is 3.12. The first-order chi connectivity index (χ1) is 9.19. The van der Waals surface area contributed by atoms with Crippen molar-refractivity contribution < 1.29 is 4.79 Å². The Bertz CT molecular complexity index is 410. The number of carbonyl (C=O) groups is 1. The molecule has 0 spiro atoms. The van der Waals surface area contributed by atoms with Gasteiger partial charge < -0.3 is 16.0 Å². The monoisotopic (exact) mass is 261 g/mol. The molecule has 1 aliphatic rings. The Kier molecular flexibility index (Phi) is 4.66. The quantitative estimate of drug-likeness (QED) is 0.819. The summed E-state index contributed by atoms with van der Waals surface area (Å²) in [6.07, 6.45) is 4.69. The van der Waals surface area contributed by atoms with Gasteiger partial charge in [0.25, 0.3) is 0 Å². The number of urea groups is 1. The molecule has 2 rings (SSSR count). The third-order valence-electron chi connectivity index (χ3n) is 3.70. The second-order valence-electron chi connectivity index (χ2n) is 5.19. The summed E-state index contributed by atoms with van der Waals surface area (Å²) < 4.78 is 0. The highest BCUT2D eigenvalue weighted by Crippen LogP contribution is 2.18. The maximum atomic E-state index is 12.2. The van der Waals surface area contributed by atoms with Gasteiger partial charge >= 0.3 is 6.03 Å². The highest BCUT2D eigenvalue weighted by molar-refractivity contribution is 5.74. The van der Waals surface area contributed by atoms with Gasteiger partial charge in [-0.3, -0.25) is 0 Å². The molecule has 0 saturated heterocycles. The Labute approximate surface area is 115 Å². The van der Waals surface area contributed by atoms with Gasteiger partial charge in [-0.05, 0) is 37.5 Å². The molecule has 19 heavy (non-hydrogen) atoms. The van der Waals surface area contributed by atoms with Crippen molar-refractivity contribution in [1.82, 2.24) is 10.2 Å². The number of nitrogens with two attached hydrogens (primary N) is 1. The standard InChI is InChI=1S/C15H23N3O/c1-2-18(11-12-7-9-13(16)10-8-12)15(19)17-14-5-3-4-6-14/h7-10,14H,2-6,11,16H2,1H3,(H,17,19). The van der Waals surface area contributed by atoms with E-state index in [2.05, 4.69) is 5.32 Å². The molecule has 1 saturated carbocycles. The summed E-state index contributed by atoms with van der Waals surface area (Å²) in [5.74, 6) is 0. The van der Waals surface area contributed by atoms with Gasteiger partial charge in [-0.2, -0.15) is 0 Å². The molecule has 4 heteroatoms. The lowest BCUT2D eigenvalue weighted by atomic mass is 10.2. The zero-order valence-corrected chi connectivity index (χ0v) is 11.6. The molecule has 4 nitrogen and oxygen atoms in total. The molecule has 0 heterocycles. The van der Waals surface area contributed by atoms with E-state index in [0.717, 1.165) is 24.1 Å². The van der Waals surface area contributed by atoms with E-state index in [1.54, 1.807) is 0 Å². The average molecular weight is 261 g/mol. The van der Waals surface area contributed by atoms with Gasteiger partial charge in [-0.1, -0.05) is 25.0 Å². The number of rotatable bonds is 4. The Morgan fingerprint density at radius 2 is 1.95 bits per heavy atom. The van der Waals surface area contributed by atoms with Gasteiger partial charge in [0.1, 0.15) is 0 Å². The largest absolute Gasteiger partial charge is 0.399 e. The van der Waals surface area contributed by atoms with E-state index in [4.69, 9.17) is 5.73 Å². The molecule has 0 aliphatic heterocycles. The summed E-state index contributed by atoms with van der Waals surface area (Å²) >= 11 is 0. The van der Waals surface area contributed by atoms with Crippen LogP contribution in [0.1, 0.15) is 38.2 Å². The van der Waals surface area contributed by atoms with E-state index in [1.165, 1.54) is 12.8 Å². The zero-order valence-electron chi connectivity index (χ0n) is 11.6. The minimum Gasteiger partial charge on any atom is -0.399 e. The average Bonchev–Trinajstić information content (AvgIpc) is 2.90. The number of amides is 2. The van der Waals surface area contributed by atoms with Crippen molar-refractivity contribution in [2.75, 3.05) is 12.3 Å². The molecule has 1 fully saturated rings. The predicted octanol–water partition coefficient (Wildman–Crippen LogP) is 2.74. The molecule has 0 aromatic heterocycles. The second kappa shape index (κ2) is 6.45. The van der Waals surface area contributed by atoms with Crippen molar-refractivity contribution in [3.63, 3.8) is 0 Å². The highest BCUT2D eigenvalue weighted by Gasteiger charge is 2.20. The van der Waals surface area contributed by atoms with Gasteiger partial charge in [-0.25, -0.2) is 4.79 Å². The molecule has 1 aromatic carbocycles. The normalized spacial score (nSPS) is 15.4. The number of hydrogen-bond donors (Lipinski definition) is 2. The van der Waals surface area contributed by atoms with Crippen LogP contribution in [0.15, 0.2) is 24.3 Å². The van der Waals surface area contributed by atoms with Crippen LogP contribution in [0.4, 0.5) is 10.5 Å². The van der Waals surface area contributed by atoms with Crippen molar-refractivity contribution in [2.24, 2.45) is 0 Å². The lowest BCUT2D eigenvalue weighted by Crippen LogP contribution is -2.43. The molecular formula is C15H23N3O. The van der Waals surface area contributed by atoms with E-state index in [0.29, 0.717) is 19.1 Å². The van der Waals surface area contributed by atoms with Crippen LogP contribution in [-0.4, -0.2) is 23.5 Å². The van der Waals surface area contributed by atoms with Crippen LogP contribution in [0.2, 0.25) is 0 Å². The number of nitrogen functional groups attached to an aromatic ring is 1. The number of carbonyl (C=O) groups excluding carboxylic acids is 1. The molecule has 0 bridgehead atoms. The number of anilines is 1. The first kappa shape index (κ1) is 13.7. The summed E-state index contributed by atoms with van der Waals surface area (Å²) in [7, 11) is 0. The fraction of sp³-hybridized carbons (Fsp3) is 0.533. The van der Waals surface area contributed by atoms with E-state index in [9.17, 15) is 4.79 Å². The van der Waals surface area contributed by atoms with E-state index in [1.807, 2.05) is 36.1 Å². The number of nitrogens with zero attached hydrogens (tertiary/aromatic N) is 1. The number of nitrogens with one attached hydrogen (secondary N) is 1.